The minimum Gasteiger partial charge on any atom is -0.378 e. The van der Waals surface area contributed by atoms with Gasteiger partial charge in [-0.25, -0.2) is 15.0 Å². The normalized spacial score (nSPS) is 15.4. The van der Waals surface area contributed by atoms with E-state index in [9.17, 15) is 4.79 Å². The molecule has 1 saturated heterocycles. The summed E-state index contributed by atoms with van der Waals surface area (Å²) < 4.78 is 7.00. The molecule has 1 fully saturated rings. The van der Waals surface area contributed by atoms with Crippen LogP contribution in [0.5, 0.6) is 0 Å². The lowest BCUT2D eigenvalue weighted by Crippen LogP contribution is -2.41. The highest BCUT2D eigenvalue weighted by Gasteiger charge is 2.24. The van der Waals surface area contributed by atoms with Crippen molar-refractivity contribution < 1.29 is 9.53 Å². The van der Waals surface area contributed by atoms with Crippen molar-refractivity contribution in [2.45, 2.75) is 13.0 Å². The zero-order valence-electron chi connectivity index (χ0n) is 16.8. The second-order valence-corrected chi connectivity index (χ2v) is 7.71. The van der Waals surface area contributed by atoms with Gasteiger partial charge in [0, 0.05) is 24.5 Å². The zero-order valence-corrected chi connectivity index (χ0v) is 17.6. The van der Waals surface area contributed by atoms with Crippen LogP contribution in [0.15, 0.2) is 42.9 Å². The summed E-state index contributed by atoms with van der Waals surface area (Å²) in [5.74, 6) is 0.392. The summed E-state index contributed by atoms with van der Waals surface area (Å²) in [5.41, 5.74) is 1.73. The lowest BCUT2D eigenvalue weighted by molar-refractivity contribution is 0.0300. The Labute approximate surface area is 183 Å². The summed E-state index contributed by atoms with van der Waals surface area (Å²) in [7, 11) is 0. The van der Waals surface area contributed by atoms with Crippen LogP contribution in [0.4, 0.5) is 5.95 Å². The minimum atomic E-state index is -0.248. The molecule has 1 N–H and O–H groups in total. The molecule has 1 aliphatic heterocycles. The number of nitrogens with one attached hydrogen (secondary N) is 1. The number of benzene rings is 1. The van der Waals surface area contributed by atoms with Gasteiger partial charge in [0.15, 0.2) is 5.65 Å². The largest absolute Gasteiger partial charge is 0.378 e. The number of carbonyl (C=O) groups is 1. The smallest absolute Gasteiger partial charge is 0.273 e. The van der Waals surface area contributed by atoms with E-state index in [0.717, 1.165) is 5.39 Å². The number of aromatic nitrogens is 5. The first-order chi connectivity index (χ1) is 15.1. The van der Waals surface area contributed by atoms with Gasteiger partial charge in [-0.15, -0.1) is 0 Å². The van der Waals surface area contributed by atoms with Crippen molar-refractivity contribution in [1.82, 2.24) is 29.5 Å². The van der Waals surface area contributed by atoms with Gasteiger partial charge in [-0.05, 0) is 24.4 Å². The minimum absolute atomic E-state index is 0.146. The molecule has 3 aromatic heterocycles. The molecule has 4 heterocycles. The molecule has 1 aliphatic rings. The zero-order chi connectivity index (χ0) is 21.4. The number of ether oxygens (including phenoxy) is 1. The van der Waals surface area contributed by atoms with Crippen molar-refractivity contribution in [2.24, 2.45) is 0 Å². The lowest BCUT2D eigenvalue weighted by atomic mass is 10.0. The van der Waals surface area contributed by atoms with Crippen molar-refractivity contribution >= 4 is 39.9 Å². The fourth-order valence-corrected chi connectivity index (χ4v) is 3.97. The van der Waals surface area contributed by atoms with Gasteiger partial charge in [0.2, 0.25) is 5.95 Å². The van der Waals surface area contributed by atoms with Crippen LogP contribution in [0.1, 0.15) is 29.1 Å². The molecule has 1 atom stereocenters. The number of amides is 1. The van der Waals surface area contributed by atoms with E-state index < -0.39 is 0 Å². The second kappa shape index (κ2) is 8.09. The molecule has 1 amide bonds. The Bertz CT molecular complexity index is 1270. The second-order valence-electron chi connectivity index (χ2n) is 7.30. The molecule has 0 aliphatic carbocycles. The maximum Gasteiger partial charge on any atom is 0.273 e. The van der Waals surface area contributed by atoms with Crippen LogP contribution < -0.4 is 5.32 Å². The first kappa shape index (κ1) is 19.7. The van der Waals surface area contributed by atoms with E-state index in [-0.39, 0.29) is 11.9 Å². The third kappa shape index (κ3) is 3.66. The third-order valence-corrected chi connectivity index (χ3v) is 5.63. The molecule has 158 valence electrons. The van der Waals surface area contributed by atoms with Crippen LogP contribution in [-0.2, 0) is 4.74 Å². The summed E-state index contributed by atoms with van der Waals surface area (Å²) in [6.45, 7) is 4.05. The van der Waals surface area contributed by atoms with Crippen molar-refractivity contribution in [1.29, 1.82) is 0 Å². The molecule has 4 aromatic rings. The van der Waals surface area contributed by atoms with E-state index in [1.165, 1.54) is 6.33 Å². The van der Waals surface area contributed by atoms with Crippen LogP contribution in [-0.4, -0.2) is 61.7 Å². The number of anilines is 1. The Morgan fingerprint density at radius 1 is 1.23 bits per heavy atom. The summed E-state index contributed by atoms with van der Waals surface area (Å²) in [6.07, 6.45) is 3.14. The highest BCUT2D eigenvalue weighted by Crippen LogP contribution is 2.30. The van der Waals surface area contributed by atoms with Gasteiger partial charge in [0.05, 0.1) is 36.2 Å². The van der Waals surface area contributed by atoms with Crippen molar-refractivity contribution in [3.8, 4) is 0 Å². The molecular weight excluding hydrogens is 418 g/mol. The molecule has 31 heavy (non-hydrogen) atoms. The summed E-state index contributed by atoms with van der Waals surface area (Å²) in [5, 5.41) is 9.59. The number of rotatable bonds is 4. The predicted octanol–water partition coefficient (Wildman–Crippen LogP) is 2.97. The fourth-order valence-electron chi connectivity index (χ4n) is 3.70. The maximum absolute atomic E-state index is 13.3. The predicted molar refractivity (Wildman–Crippen MR) is 116 cm³/mol. The standard InChI is InChI=1S/C21H20ClN7O2/c1-13(26-21-24-12-23-17-5-6-25-29(17)21)16-11-14-3-2-4-15(22)18(14)19(27-16)20(30)28-7-9-31-10-8-28/h2-6,11-13H,7-10H2,1H3,(H,23,24,26)/t13-/m0/s1. The van der Waals surface area contributed by atoms with E-state index >= 15 is 0 Å². The van der Waals surface area contributed by atoms with Crippen LogP contribution >= 0.6 is 11.6 Å². The van der Waals surface area contributed by atoms with E-state index in [1.807, 2.05) is 25.1 Å². The van der Waals surface area contributed by atoms with Crippen LogP contribution in [0.2, 0.25) is 5.02 Å². The summed E-state index contributed by atoms with van der Waals surface area (Å²) >= 11 is 6.48. The molecule has 0 radical (unpaired) electrons. The van der Waals surface area contributed by atoms with Crippen LogP contribution in [0, 0.1) is 0 Å². The van der Waals surface area contributed by atoms with Gasteiger partial charge < -0.3 is 15.0 Å². The number of carbonyl (C=O) groups excluding carboxylic acids is 1. The lowest BCUT2D eigenvalue weighted by Gasteiger charge is -2.27. The van der Waals surface area contributed by atoms with Gasteiger partial charge in [-0.1, -0.05) is 23.7 Å². The van der Waals surface area contributed by atoms with E-state index in [0.29, 0.717) is 59.7 Å². The van der Waals surface area contributed by atoms with Crippen molar-refractivity contribution in [3.05, 3.63) is 59.3 Å². The van der Waals surface area contributed by atoms with Crippen molar-refractivity contribution in [3.63, 3.8) is 0 Å². The number of fused-ring (bicyclic) bond motifs is 2. The van der Waals surface area contributed by atoms with Gasteiger partial charge in [0.1, 0.15) is 12.0 Å². The highest BCUT2D eigenvalue weighted by molar-refractivity contribution is 6.36. The average molecular weight is 438 g/mol. The van der Waals surface area contributed by atoms with E-state index in [4.69, 9.17) is 21.3 Å². The summed E-state index contributed by atoms with van der Waals surface area (Å²) in [6, 6.07) is 9.07. The van der Waals surface area contributed by atoms with Crippen LogP contribution in [0.3, 0.4) is 0 Å². The molecule has 1 aromatic carbocycles. The molecule has 0 spiro atoms. The number of nitrogens with zero attached hydrogens (tertiary/aromatic N) is 6. The third-order valence-electron chi connectivity index (χ3n) is 5.31. The topological polar surface area (TPSA) is 97.5 Å². The molecule has 10 heteroatoms. The SMILES string of the molecule is C[C@H](Nc1ncnc2ccnn12)c1cc2cccc(Cl)c2c(C(=O)N2CCOCC2)n1. The fraction of sp³-hybridized carbons (Fsp3) is 0.286. The Morgan fingerprint density at radius 3 is 2.90 bits per heavy atom. The van der Waals surface area contributed by atoms with Gasteiger partial charge in [-0.2, -0.15) is 9.61 Å². The van der Waals surface area contributed by atoms with Crippen LogP contribution in [0.25, 0.3) is 16.4 Å². The quantitative estimate of drug-likeness (QED) is 0.524. The maximum atomic E-state index is 13.3. The monoisotopic (exact) mass is 437 g/mol. The molecule has 0 bridgehead atoms. The number of pyridine rings is 1. The van der Waals surface area contributed by atoms with Gasteiger partial charge in [-0.3, -0.25) is 4.79 Å². The first-order valence-electron chi connectivity index (χ1n) is 9.99. The van der Waals surface area contributed by atoms with E-state index in [1.54, 1.807) is 27.7 Å². The average Bonchev–Trinajstić information content (AvgIpc) is 3.28. The Hall–Kier alpha value is -3.30. The molecule has 5 rings (SSSR count). The highest BCUT2D eigenvalue weighted by atomic mass is 35.5. The first-order valence-corrected chi connectivity index (χ1v) is 10.4. The Kier molecular flexibility index (Phi) is 5.13. The number of hydrogen-bond donors (Lipinski definition) is 1. The summed E-state index contributed by atoms with van der Waals surface area (Å²) in [4.78, 5) is 28.3. The number of halogens is 1. The molecular formula is C21H20ClN7O2. The Balaban J connectivity index is 1.55. The van der Waals surface area contributed by atoms with Crippen molar-refractivity contribution in [2.75, 3.05) is 31.6 Å². The molecule has 9 nitrogen and oxygen atoms in total. The Morgan fingerprint density at radius 2 is 2.06 bits per heavy atom. The molecule has 0 saturated carbocycles. The van der Waals surface area contributed by atoms with E-state index in [2.05, 4.69) is 20.4 Å². The number of hydrogen-bond acceptors (Lipinski definition) is 7. The van der Waals surface area contributed by atoms with Gasteiger partial charge >= 0.3 is 0 Å². The number of morpholine rings is 1. The molecule has 0 unspecified atom stereocenters. The van der Waals surface area contributed by atoms with Gasteiger partial charge in [0.25, 0.3) is 5.91 Å².